The SMILES string of the molecule is COc1ccc(NS(=O)(=O)c2ncccc2F)c(O)c1. The van der Waals surface area contributed by atoms with Crippen molar-refractivity contribution in [2.24, 2.45) is 0 Å². The van der Waals surface area contributed by atoms with E-state index in [2.05, 4.69) is 9.71 Å². The van der Waals surface area contributed by atoms with Crippen molar-refractivity contribution in [1.29, 1.82) is 0 Å². The van der Waals surface area contributed by atoms with Gasteiger partial charge in [-0.25, -0.2) is 9.37 Å². The molecule has 0 atom stereocenters. The zero-order valence-electron chi connectivity index (χ0n) is 10.4. The van der Waals surface area contributed by atoms with Gasteiger partial charge in [0.1, 0.15) is 11.5 Å². The lowest BCUT2D eigenvalue weighted by Gasteiger charge is -2.10. The maximum atomic E-state index is 13.4. The normalized spacial score (nSPS) is 11.1. The highest BCUT2D eigenvalue weighted by molar-refractivity contribution is 7.92. The van der Waals surface area contributed by atoms with Crippen LogP contribution in [0.4, 0.5) is 10.1 Å². The second-order valence-electron chi connectivity index (χ2n) is 3.78. The minimum absolute atomic E-state index is 0.101. The minimum atomic E-state index is -4.22. The van der Waals surface area contributed by atoms with Gasteiger partial charge in [0, 0.05) is 12.3 Å². The summed E-state index contributed by atoms with van der Waals surface area (Å²) in [6.07, 6.45) is 1.16. The number of hydrogen-bond donors (Lipinski definition) is 2. The Bertz CT molecular complexity index is 734. The Labute approximate surface area is 114 Å². The molecule has 2 aromatic rings. The molecule has 0 saturated carbocycles. The Morgan fingerprint density at radius 1 is 1.35 bits per heavy atom. The molecule has 1 aromatic carbocycles. The third-order valence-corrected chi connectivity index (χ3v) is 3.73. The maximum Gasteiger partial charge on any atom is 0.282 e. The fourth-order valence-corrected chi connectivity index (χ4v) is 2.57. The van der Waals surface area contributed by atoms with Crippen LogP contribution >= 0.6 is 0 Å². The Morgan fingerprint density at radius 2 is 2.10 bits per heavy atom. The second-order valence-corrected chi connectivity index (χ2v) is 5.38. The summed E-state index contributed by atoms with van der Waals surface area (Å²) >= 11 is 0. The molecule has 0 aliphatic rings. The first-order valence-electron chi connectivity index (χ1n) is 5.44. The van der Waals surface area contributed by atoms with E-state index in [-0.39, 0.29) is 11.4 Å². The van der Waals surface area contributed by atoms with Gasteiger partial charge in [-0.3, -0.25) is 4.72 Å². The smallest absolute Gasteiger partial charge is 0.282 e. The second kappa shape index (κ2) is 5.33. The van der Waals surface area contributed by atoms with Gasteiger partial charge in [0.25, 0.3) is 10.0 Å². The Balaban J connectivity index is 2.36. The average Bonchev–Trinajstić information content (AvgIpc) is 2.41. The fourth-order valence-electron chi connectivity index (χ4n) is 1.49. The third-order valence-electron chi connectivity index (χ3n) is 2.43. The van der Waals surface area contributed by atoms with E-state index < -0.39 is 20.9 Å². The molecule has 2 N–H and O–H groups in total. The number of nitrogens with one attached hydrogen (secondary N) is 1. The summed E-state index contributed by atoms with van der Waals surface area (Å²) in [6.45, 7) is 0. The molecule has 20 heavy (non-hydrogen) atoms. The van der Waals surface area contributed by atoms with E-state index in [1.165, 1.54) is 31.4 Å². The number of aromatic nitrogens is 1. The number of phenolic OH excluding ortho intramolecular Hbond substituents is 1. The van der Waals surface area contributed by atoms with Gasteiger partial charge in [-0.1, -0.05) is 0 Å². The van der Waals surface area contributed by atoms with E-state index in [0.29, 0.717) is 5.75 Å². The molecule has 106 valence electrons. The molecule has 8 heteroatoms. The first kappa shape index (κ1) is 14.1. The van der Waals surface area contributed by atoms with E-state index in [9.17, 15) is 17.9 Å². The van der Waals surface area contributed by atoms with E-state index >= 15 is 0 Å². The van der Waals surface area contributed by atoms with Crippen molar-refractivity contribution < 1.29 is 22.7 Å². The molecular formula is C12H11FN2O4S. The van der Waals surface area contributed by atoms with Crippen LogP contribution < -0.4 is 9.46 Å². The number of pyridine rings is 1. The first-order chi connectivity index (χ1) is 9.44. The average molecular weight is 298 g/mol. The zero-order valence-corrected chi connectivity index (χ0v) is 11.2. The van der Waals surface area contributed by atoms with Crippen molar-refractivity contribution >= 4 is 15.7 Å². The highest BCUT2D eigenvalue weighted by atomic mass is 32.2. The number of aromatic hydroxyl groups is 1. The molecule has 0 fully saturated rings. The molecular weight excluding hydrogens is 287 g/mol. The van der Waals surface area contributed by atoms with Gasteiger partial charge in [0.15, 0.2) is 5.82 Å². The molecule has 6 nitrogen and oxygen atoms in total. The molecule has 0 amide bonds. The highest BCUT2D eigenvalue weighted by Crippen LogP contribution is 2.29. The molecule has 0 aliphatic carbocycles. The van der Waals surface area contributed by atoms with Crippen molar-refractivity contribution in [3.8, 4) is 11.5 Å². The number of nitrogens with zero attached hydrogens (tertiary/aromatic N) is 1. The molecule has 2 rings (SSSR count). The van der Waals surface area contributed by atoms with Crippen LogP contribution in [-0.2, 0) is 10.0 Å². The van der Waals surface area contributed by atoms with E-state index in [4.69, 9.17) is 4.74 Å². The number of sulfonamides is 1. The zero-order chi connectivity index (χ0) is 14.8. The fraction of sp³-hybridized carbons (Fsp3) is 0.0833. The number of benzene rings is 1. The van der Waals surface area contributed by atoms with Gasteiger partial charge < -0.3 is 9.84 Å². The van der Waals surface area contributed by atoms with Crippen LogP contribution in [0.3, 0.4) is 0 Å². The Kier molecular flexibility index (Phi) is 3.75. The molecule has 0 spiro atoms. The van der Waals surface area contributed by atoms with Gasteiger partial charge in [-0.15, -0.1) is 0 Å². The monoisotopic (exact) mass is 298 g/mol. The molecule has 0 aliphatic heterocycles. The van der Waals surface area contributed by atoms with E-state index in [1.807, 2.05) is 0 Å². The van der Waals surface area contributed by atoms with E-state index in [0.717, 1.165) is 12.3 Å². The van der Waals surface area contributed by atoms with Crippen LogP contribution in [0, 0.1) is 5.82 Å². The van der Waals surface area contributed by atoms with Gasteiger partial charge in [0.2, 0.25) is 5.03 Å². The number of methoxy groups -OCH3 is 1. The van der Waals surface area contributed by atoms with Crippen molar-refractivity contribution in [2.75, 3.05) is 11.8 Å². The molecule has 1 heterocycles. The Morgan fingerprint density at radius 3 is 2.70 bits per heavy atom. The molecule has 0 radical (unpaired) electrons. The summed E-state index contributed by atoms with van der Waals surface area (Å²) in [7, 11) is -2.82. The topological polar surface area (TPSA) is 88.5 Å². The van der Waals surface area contributed by atoms with Crippen LogP contribution in [-0.4, -0.2) is 25.6 Å². The predicted molar refractivity (Wildman–Crippen MR) is 69.7 cm³/mol. The summed E-state index contributed by atoms with van der Waals surface area (Å²) in [5.41, 5.74) is -0.101. The lowest BCUT2D eigenvalue weighted by atomic mass is 10.3. The molecule has 0 saturated heterocycles. The lowest BCUT2D eigenvalue weighted by molar-refractivity contribution is 0.408. The molecule has 0 bridgehead atoms. The summed E-state index contributed by atoms with van der Waals surface area (Å²) < 4.78 is 44.3. The summed E-state index contributed by atoms with van der Waals surface area (Å²) in [4.78, 5) is 3.48. The number of ether oxygens (including phenoxy) is 1. The minimum Gasteiger partial charge on any atom is -0.506 e. The van der Waals surface area contributed by atoms with Crippen LogP contribution in [0.2, 0.25) is 0 Å². The highest BCUT2D eigenvalue weighted by Gasteiger charge is 2.21. The lowest BCUT2D eigenvalue weighted by Crippen LogP contribution is -2.16. The number of anilines is 1. The van der Waals surface area contributed by atoms with Crippen LogP contribution in [0.5, 0.6) is 11.5 Å². The quantitative estimate of drug-likeness (QED) is 0.839. The maximum absolute atomic E-state index is 13.4. The van der Waals surface area contributed by atoms with E-state index in [1.54, 1.807) is 0 Å². The Hall–Kier alpha value is -2.35. The van der Waals surface area contributed by atoms with Crippen LogP contribution in [0.25, 0.3) is 0 Å². The number of rotatable bonds is 4. The van der Waals surface area contributed by atoms with Gasteiger partial charge >= 0.3 is 0 Å². The summed E-state index contributed by atoms with van der Waals surface area (Å²) in [6, 6.07) is 6.24. The van der Waals surface area contributed by atoms with Crippen molar-refractivity contribution in [1.82, 2.24) is 4.98 Å². The van der Waals surface area contributed by atoms with Gasteiger partial charge in [-0.2, -0.15) is 8.42 Å². The van der Waals surface area contributed by atoms with Crippen LogP contribution in [0.1, 0.15) is 0 Å². The number of phenols is 1. The molecule has 0 unspecified atom stereocenters. The van der Waals surface area contributed by atoms with Crippen molar-refractivity contribution in [3.63, 3.8) is 0 Å². The standard InChI is InChI=1S/C12H11FN2O4S/c1-19-8-4-5-10(11(16)7-8)15-20(17,18)12-9(13)3-2-6-14-12/h2-7,15-16H,1H3. The van der Waals surface area contributed by atoms with Crippen molar-refractivity contribution in [3.05, 3.63) is 42.3 Å². The molecule has 1 aromatic heterocycles. The first-order valence-corrected chi connectivity index (χ1v) is 6.92. The third kappa shape index (κ3) is 2.80. The summed E-state index contributed by atoms with van der Waals surface area (Å²) in [5.74, 6) is -0.966. The van der Waals surface area contributed by atoms with Gasteiger partial charge in [-0.05, 0) is 24.3 Å². The predicted octanol–water partition coefficient (Wildman–Crippen LogP) is 1.74. The van der Waals surface area contributed by atoms with Gasteiger partial charge in [0.05, 0.1) is 12.8 Å². The van der Waals surface area contributed by atoms with Crippen LogP contribution in [0.15, 0.2) is 41.6 Å². The van der Waals surface area contributed by atoms with Crippen molar-refractivity contribution in [2.45, 2.75) is 5.03 Å². The largest absolute Gasteiger partial charge is 0.506 e. The summed E-state index contributed by atoms with van der Waals surface area (Å²) in [5, 5.41) is 8.94. The number of hydrogen-bond acceptors (Lipinski definition) is 5. The number of halogens is 1.